The number of aromatic nitrogens is 1. The number of benzene rings is 2. The number of hydrogen-bond donors (Lipinski definition) is 1. The van der Waals surface area contributed by atoms with Crippen molar-refractivity contribution in [1.29, 1.82) is 0 Å². The summed E-state index contributed by atoms with van der Waals surface area (Å²) in [6.45, 7) is 9.81. The fraction of sp³-hybridized carbons (Fsp3) is 0.500. The number of fused-ring (bicyclic) bond motifs is 4. The van der Waals surface area contributed by atoms with E-state index in [1.165, 1.54) is 43.3 Å². The Morgan fingerprint density at radius 2 is 1.84 bits per heavy atom. The molecule has 1 N–H and O–H groups in total. The molecule has 2 aromatic carbocycles. The number of piperidine rings is 1. The standard InChI is InChI=1S/C30H39N4O3/c1-32-26-9-5-4-8-24(26)28(31-12-15-33-13-6-3-7-14-33)30-29(32)25-22-23(10-11-27(25)37-30)36-21-18-34(2)16-19-35-20-17-34/h4-5,8-11,22H,3,6-7,12-21H2,1-2H3/q+1/p+1. The van der Waals surface area contributed by atoms with E-state index in [-0.39, 0.29) is 0 Å². The zero-order valence-corrected chi connectivity index (χ0v) is 22.3. The number of hydrogen-bond acceptors (Lipinski definition) is 5. The first-order valence-corrected chi connectivity index (χ1v) is 13.9. The van der Waals surface area contributed by atoms with Crippen LogP contribution in [0.3, 0.4) is 0 Å². The molecule has 0 radical (unpaired) electrons. The highest BCUT2D eigenvalue weighted by Gasteiger charge is 2.26. The highest BCUT2D eigenvalue weighted by molar-refractivity contribution is 6.11. The molecule has 2 fully saturated rings. The number of rotatable bonds is 8. The second kappa shape index (κ2) is 10.5. The molecule has 2 aliphatic heterocycles. The van der Waals surface area contributed by atoms with Gasteiger partial charge in [-0.2, -0.15) is 4.57 Å². The molecular formula is C30H40N4O3+2. The maximum absolute atomic E-state index is 6.52. The van der Waals surface area contributed by atoms with Crippen LogP contribution < -0.4 is 14.6 Å². The molecule has 7 heteroatoms. The zero-order chi connectivity index (χ0) is 25.2. The summed E-state index contributed by atoms with van der Waals surface area (Å²) in [5.74, 6) is 0.892. The van der Waals surface area contributed by atoms with E-state index < -0.39 is 0 Å². The third-order valence-corrected chi connectivity index (χ3v) is 8.36. The van der Waals surface area contributed by atoms with Crippen molar-refractivity contribution < 1.29 is 22.9 Å². The van der Waals surface area contributed by atoms with Crippen LogP contribution in [0.1, 0.15) is 19.3 Å². The summed E-state index contributed by atoms with van der Waals surface area (Å²) >= 11 is 0. The molecule has 0 aliphatic carbocycles. The molecule has 2 aromatic heterocycles. The Balaban J connectivity index is 1.30. The Morgan fingerprint density at radius 3 is 2.68 bits per heavy atom. The zero-order valence-electron chi connectivity index (χ0n) is 22.3. The second-order valence-electron chi connectivity index (χ2n) is 11.0. The fourth-order valence-corrected chi connectivity index (χ4v) is 5.97. The van der Waals surface area contributed by atoms with E-state index in [0.717, 1.165) is 83.9 Å². The number of nitrogens with zero attached hydrogens (tertiary/aromatic N) is 3. The number of quaternary nitrogens is 1. The Kier molecular flexibility index (Phi) is 6.93. The molecule has 37 heavy (non-hydrogen) atoms. The number of anilines is 1. The average Bonchev–Trinajstić information content (AvgIpc) is 3.30. The number of pyridine rings is 1. The van der Waals surface area contributed by atoms with Crippen LogP contribution in [0.15, 0.2) is 46.9 Å². The number of para-hydroxylation sites is 1. The molecule has 0 atom stereocenters. The van der Waals surface area contributed by atoms with Crippen LogP contribution in [0.25, 0.3) is 33.0 Å². The normalized spacial score (nSPS) is 18.5. The van der Waals surface area contributed by atoms with Crippen LogP contribution >= 0.6 is 0 Å². The molecule has 2 saturated heterocycles. The predicted octanol–water partition coefficient (Wildman–Crippen LogP) is 4.32. The lowest BCUT2D eigenvalue weighted by Gasteiger charge is -2.37. The minimum absolute atomic E-state index is 0.691. The summed E-state index contributed by atoms with van der Waals surface area (Å²) in [6, 6.07) is 14.8. The van der Waals surface area contributed by atoms with E-state index >= 15 is 0 Å². The van der Waals surface area contributed by atoms with E-state index in [9.17, 15) is 0 Å². The van der Waals surface area contributed by atoms with Gasteiger partial charge in [0.05, 0.1) is 36.7 Å². The van der Waals surface area contributed by atoms with Crippen molar-refractivity contribution in [2.45, 2.75) is 19.3 Å². The minimum Gasteiger partial charge on any atom is -0.488 e. The highest BCUT2D eigenvalue weighted by atomic mass is 16.5. The summed E-state index contributed by atoms with van der Waals surface area (Å²) in [5.41, 5.74) is 5.18. The van der Waals surface area contributed by atoms with Crippen molar-refractivity contribution in [3.8, 4) is 5.75 Å². The van der Waals surface area contributed by atoms with Gasteiger partial charge in [0, 0.05) is 19.2 Å². The topological polar surface area (TPSA) is 50.8 Å². The van der Waals surface area contributed by atoms with E-state index in [1.807, 2.05) is 6.07 Å². The van der Waals surface area contributed by atoms with Gasteiger partial charge in [-0.3, -0.25) is 0 Å². The van der Waals surface area contributed by atoms with Crippen molar-refractivity contribution in [3.05, 3.63) is 42.5 Å². The largest absolute Gasteiger partial charge is 0.488 e. The highest BCUT2D eigenvalue weighted by Crippen LogP contribution is 2.37. The third-order valence-electron chi connectivity index (χ3n) is 8.36. The van der Waals surface area contributed by atoms with Crippen LogP contribution in [-0.2, 0) is 11.8 Å². The Hall–Kier alpha value is -2.87. The molecule has 4 aromatic rings. The van der Waals surface area contributed by atoms with Crippen molar-refractivity contribution in [2.24, 2.45) is 7.05 Å². The van der Waals surface area contributed by atoms with E-state index in [1.54, 1.807) is 0 Å². The van der Waals surface area contributed by atoms with Gasteiger partial charge in [-0.25, -0.2) is 0 Å². The molecule has 2 aliphatic rings. The molecular weight excluding hydrogens is 464 g/mol. The Labute approximate surface area is 219 Å². The van der Waals surface area contributed by atoms with Crippen LogP contribution in [0.5, 0.6) is 5.75 Å². The van der Waals surface area contributed by atoms with Gasteiger partial charge in [-0.05, 0) is 50.2 Å². The van der Waals surface area contributed by atoms with Crippen LogP contribution in [0.2, 0.25) is 0 Å². The lowest BCUT2D eigenvalue weighted by molar-refractivity contribution is -0.916. The predicted molar refractivity (Wildman–Crippen MR) is 148 cm³/mol. The van der Waals surface area contributed by atoms with Crippen molar-refractivity contribution in [3.63, 3.8) is 0 Å². The van der Waals surface area contributed by atoms with Crippen LogP contribution in [0.4, 0.5) is 5.69 Å². The van der Waals surface area contributed by atoms with Gasteiger partial charge in [0.25, 0.3) is 5.52 Å². The fourth-order valence-electron chi connectivity index (χ4n) is 5.97. The molecule has 0 spiro atoms. The van der Waals surface area contributed by atoms with Crippen LogP contribution in [0, 0.1) is 0 Å². The number of likely N-dealkylation sites (tertiary alicyclic amines) is 1. The number of aryl methyl sites for hydroxylation is 1. The first kappa shape index (κ1) is 24.5. The second-order valence-corrected chi connectivity index (χ2v) is 11.0. The Bertz CT molecular complexity index is 1390. The maximum Gasteiger partial charge on any atom is 0.261 e. The third kappa shape index (κ3) is 5.00. The van der Waals surface area contributed by atoms with E-state index in [2.05, 4.69) is 65.3 Å². The quantitative estimate of drug-likeness (QED) is 0.286. The Morgan fingerprint density at radius 1 is 1.03 bits per heavy atom. The summed E-state index contributed by atoms with van der Waals surface area (Å²) < 4.78 is 21.6. The maximum atomic E-state index is 6.52. The number of likely N-dealkylation sites (N-methyl/N-ethyl adjacent to an activating group) is 1. The first-order valence-electron chi connectivity index (χ1n) is 13.9. The van der Waals surface area contributed by atoms with Gasteiger partial charge in [0.15, 0.2) is 0 Å². The minimum atomic E-state index is 0.691. The molecule has 7 nitrogen and oxygen atoms in total. The number of ether oxygens (including phenoxy) is 2. The number of furan rings is 1. The number of morpholine rings is 1. The molecule has 0 amide bonds. The van der Waals surface area contributed by atoms with Crippen molar-refractivity contribution in [2.75, 3.05) is 78.0 Å². The van der Waals surface area contributed by atoms with Crippen LogP contribution in [-0.4, -0.2) is 82.1 Å². The number of nitrogens with one attached hydrogen (secondary N) is 1. The van der Waals surface area contributed by atoms with Gasteiger partial charge in [-0.1, -0.05) is 18.6 Å². The molecule has 196 valence electrons. The molecule has 0 unspecified atom stereocenters. The summed E-state index contributed by atoms with van der Waals surface area (Å²) in [4.78, 5) is 2.57. The summed E-state index contributed by atoms with van der Waals surface area (Å²) in [7, 11) is 4.43. The van der Waals surface area contributed by atoms with E-state index in [0.29, 0.717) is 6.61 Å². The van der Waals surface area contributed by atoms with Crippen molar-refractivity contribution >= 4 is 38.7 Å². The molecule has 0 bridgehead atoms. The average molecular weight is 505 g/mol. The molecule has 6 rings (SSSR count). The van der Waals surface area contributed by atoms with Gasteiger partial charge in [-0.15, -0.1) is 0 Å². The molecule has 0 saturated carbocycles. The van der Waals surface area contributed by atoms with Crippen molar-refractivity contribution in [1.82, 2.24) is 4.90 Å². The SMILES string of the molecule is C[n+]1c2ccccc2c(NCCN2CCCCC2)c2oc3ccc(OCC[N+]4(C)CCOCC4)cc3c21. The summed E-state index contributed by atoms with van der Waals surface area (Å²) in [5, 5.41) is 6.04. The first-order chi connectivity index (χ1) is 18.1. The monoisotopic (exact) mass is 504 g/mol. The summed E-state index contributed by atoms with van der Waals surface area (Å²) in [6.07, 6.45) is 3.99. The van der Waals surface area contributed by atoms with Gasteiger partial charge in [0.2, 0.25) is 11.1 Å². The lowest BCUT2D eigenvalue weighted by Crippen LogP contribution is -2.53. The molecule has 4 heterocycles. The van der Waals surface area contributed by atoms with Gasteiger partial charge < -0.3 is 28.6 Å². The smallest absolute Gasteiger partial charge is 0.261 e. The van der Waals surface area contributed by atoms with E-state index in [4.69, 9.17) is 13.9 Å². The van der Waals surface area contributed by atoms with Gasteiger partial charge >= 0.3 is 0 Å². The van der Waals surface area contributed by atoms with Gasteiger partial charge in [0.1, 0.15) is 44.6 Å². The lowest BCUT2D eigenvalue weighted by atomic mass is 10.1.